The third-order valence-corrected chi connectivity index (χ3v) is 7.27. The van der Waals surface area contributed by atoms with Gasteiger partial charge in [-0.05, 0) is 66.5 Å². The molecule has 0 spiro atoms. The molecule has 0 fully saturated rings. The van der Waals surface area contributed by atoms with E-state index >= 15 is 0 Å². The minimum Gasteiger partial charge on any atom is -0.207 e. The average Bonchev–Trinajstić information content (AvgIpc) is 2.81. The van der Waals surface area contributed by atoms with Crippen molar-refractivity contribution in [2.24, 2.45) is 0 Å². The Balaban J connectivity index is 2.00. The highest BCUT2D eigenvalue weighted by atomic mass is 79.9. The molecule has 1 aromatic heterocycles. The molecular formula is C16H16BrFS2. The van der Waals surface area contributed by atoms with Crippen LogP contribution in [0.25, 0.3) is 0 Å². The highest BCUT2D eigenvalue weighted by molar-refractivity contribution is 9.09. The van der Waals surface area contributed by atoms with E-state index in [-0.39, 0.29) is 10.6 Å². The molecule has 0 radical (unpaired) electrons. The summed E-state index contributed by atoms with van der Waals surface area (Å²) in [6.07, 6.45) is 1.19. The number of thioether (sulfide) groups is 1. The molecule has 0 saturated carbocycles. The summed E-state index contributed by atoms with van der Waals surface area (Å²) in [6.45, 7) is 3.98. The predicted octanol–water partition coefficient (Wildman–Crippen LogP) is 5.78. The number of alkyl halides is 1. The van der Waals surface area contributed by atoms with Gasteiger partial charge in [-0.25, -0.2) is 4.39 Å². The van der Waals surface area contributed by atoms with Crippen LogP contribution in [-0.2, 0) is 12.2 Å². The first-order valence-electron chi connectivity index (χ1n) is 6.66. The summed E-state index contributed by atoms with van der Waals surface area (Å²) in [5, 5.41) is 0. The summed E-state index contributed by atoms with van der Waals surface area (Å²) in [7, 11) is 0. The molecule has 1 aliphatic rings. The highest BCUT2D eigenvalue weighted by Crippen LogP contribution is 2.42. The van der Waals surface area contributed by atoms with E-state index in [1.165, 1.54) is 33.1 Å². The highest BCUT2D eigenvalue weighted by Gasteiger charge is 2.21. The number of aryl methyl sites for hydroxylation is 3. The van der Waals surface area contributed by atoms with Crippen molar-refractivity contribution in [2.75, 3.05) is 5.75 Å². The topological polar surface area (TPSA) is 0 Å². The maximum absolute atomic E-state index is 13.4. The third kappa shape index (κ3) is 2.70. The second-order valence-electron chi connectivity index (χ2n) is 5.22. The lowest BCUT2D eigenvalue weighted by Gasteiger charge is -2.15. The second-order valence-corrected chi connectivity index (χ2v) is 8.40. The number of rotatable bonds is 2. The number of hydrogen-bond acceptors (Lipinski definition) is 2. The first kappa shape index (κ1) is 14.6. The molecule has 0 amide bonds. The Hall–Kier alpha value is -0.320. The van der Waals surface area contributed by atoms with Crippen LogP contribution in [0.3, 0.4) is 0 Å². The Labute approximate surface area is 135 Å². The van der Waals surface area contributed by atoms with Crippen LogP contribution in [-0.4, -0.2) is 5.75 Å². The van der Waals surface area contributed by atoms with Gasteiger partial charge >= 0.3 is 0 Å². The molecule has 1 aromatic carbocycles. The van der Waals surface area contributed by atoms with Crippen molar-refractivity contribution in [1.82, 2.24) is 0 Å². The number of halogens is 2. The molecule has 1 unspecified atom stereocenters. The Morgan fingerprint density at radius 1 is 1.20 bits per heavy atom. The van der Waals surface area contributed by atoms with E-state index in [0.717, 1.165) is 16.9 Å². The van der Waals surface area contributed by atoms with Gasteiger partial charge in [0.25, 0.3) is 0 Å². The van der Waals surface area contributed by atoms with Crippen LogP contribution in [0.5, 0.6) is 0 Å². The number of fused-ring (bicyclic) bond motifs is 1. The fourth-order valence-electron chi connectivity index (χ4n) is 2.76. The van der Waals surface area contributed by atoms with Crippen LogP contribution >= 0.6 is 39.0 Å². The van der Waals surface area contributed by atoms with Gasteiger partial charge in [0.2, 0.25) is 0 Å². The zero-order valence-corrected chi connectivity index (χ0v) is 14.7. The Bertz CT molecular complexity index is 601. The van der Waals surface area contributed by atoms with Crippen LogP contribution in [0.15, 0.2) is 18.2 Å². The summed E-state index contributed by atoms with van der Waals surface area (Å²) in [6, 6.07) is 5.58. The van der Waals surface area contributed by atoms with E-state index in [9.17, 15) is 4.39 Å². The second kappa shape index (κ2) is 5.82. The van der Waals surface area contributed by atoms with Crippen LogP contribution in [0, 0.1) is 19.7 Å². The molecule has 0 nitrogen and oxygen atoms in total. The molecule has 3 rings (SSSR count). The maximum atomic E-state index is 13.4. The molecule has 2 heterocycles. The molecular weight excluding hydrogens is 355 g/mol. The summed E-state index contributed by atoms with van der Waals surface area (Å²) < 4.78 is 13.4. The number of thiophene rings is 1. The third-order valence-electron chi connectivity index (χ3n) is 3.71. The minimum absolute atomic E-state index is 0.148. The van der Waals surface area contributed by atoms with Crippen LogP contribution in [0.2, 0.25) is 0 Å². The molecule has 20 heavy (non-hydrogen) atoms. The molecule has 0 aliphatic carbocycles. The van der Waals surface area contributed by atoms with Crippen molar-refractivity contribution < 1.29 is 4.39 Å². The molecule has 106 valence electrons. The van der Waals surface area contributed by atoms with Gasteiger partial charge in [0.05, 0.1) is 4.83 Å². The van der Waals surface area contributed by atoms with Gasteiger partial charge in [0.1, 0.15) is 5.82 Å². The van der Waals surface area contributed by atoms with Crippen molar-refractivity contribution in [2.45, 2.75) is 30.8 Å². The molecule has 1 aliphatic heterocycles. The van der Waals surface area contributed by atoms with E-state index < -0.39 is 0 Å². The largest absolute Gasteiger partial charge is 0.207 e. The Morgan fingerprint density at radius 2 is 1.90 bits per heavy atom. The lowest BCUT2D eigenvalue weighted by atomic mass is 9.99. The number of benzene rings is 1. The smallest absolute Gasteiger partial charge is 0.123 e. The molecule has 0 saturated heterocycles. The predicted molar refractivity (Wildman–Crippen MR) is 90.8 cm³/mol. The van der Waals surface area contributed by atoms with E-state index in [1.807, 2.05) is 36.9 Å². The van der Waals surface area contributed by atoms with Crippen molar-refractivity contribution in [1.29, 1.82) is 0 Å². The standard InChI is InChI=1S/C16H16BrFS2/c1-9-5-12(18)6-10(2)15(9)16(17)14-7-11-8-19-4-3-13(11)20-14/h5-7,16H,3-4,8H2,1-2H3. The van der Waals surface area contributed by atoms with Gasteiger partial charge in [0, 0.05) is 15.5 Å². The lowest BCUT2D eigenvalue weighted by Crippen LogP contribution is -1.98. The first-order valence-corrected chi connectivity index (χ1v) is 9.55. The summed E-state index contributed by atoms with van der Waals surface area (Å²) in [5.41, 5.74) is 4.73. The number of hydrogen-bond donors (Lipinski definition) is 0. The van der Waals surface area contributed by atoms with E-state index in [4.69, 9.17) is 0 Å². The van der Waals surface area contributed by atoms with E-state index in [1.54, 1.807) is 12.1 Å². The summed E-state index contributed by atoms with van der Waals surface area (Å²) >= 11 is 7.74. The van der Waals surface area contributed by atoms with E-state index in [0.29, 0.717) is 0 Å². The van der Waals surface area contributed by atoms with Crippen LogP contribution in [0.1, 0.15) is 36.8 Å². The van der Waals surface area contributed by atoms with Gasteiger partial charge in [-0.2, -0.15) is 11.8 Å². The molecule has 4 heteroatoms. The zero-order valence-electron chi connectivity index (χ0n) is 11.5. The van der Waals surface area contributed by atoms with Crippen LogP contribution in [0.4, 0.5) is 4.39 Å². The van der Waals surface area contributed by atoms with Gasteiger partial charge in [0.15, 0.2) is 0 Å². The van der Waals surface area contributed by atoms with Crippen molar-refractivity contribution in [3.8, 4) is 0 Å². The van der Waals surface area contributed by atoms with Gasteiger partial charge < -0.3 is 0 Å². The van der Waals surface area contributed by atoms with Crippen molar-refractivity contribution >= 4 is 39.0 Å². The summed E-state index contributed by atoms with van der Waals surface area (Å²) in [4.78, 5) is 3.04. The van der Waals surface area contributed by atoms with Gasteiger partial charge in [-0.3, -0.25) is 0 Å². The molecule has 0 N–H and O–H groups in total. The van der Waals surface area contributed by atoms with Gasteiger partial charge in [-0.1, -0.05) is 15.9 Å². The first-order chi connectivity index (χ1) is 9.56. The van der Waals surface area contributed by atoms with Crippen molar-refractivity contribution in [3.63, 3.8) is 0 Å². The SMILES string of the molecule is Cc1cc(F)cc(C)c1C(Br)c1cc2c(s1)CCSC2. The molecule has 1 atom stereocenters. The quantitative estimate of drug-likeness (QED) is 0.603. The normalized spacial score (nSPS) is 16.0. The Kier molecular flexibility index (Phi) is 4.25. The average molecular weight is 371 g/mol. The molecule has 2 aromatic rings. The lowest BCUT2D eigenvalue weighted by molar-refractivity contribution is 0.624. The van der Waals surface area contributed by atoms with Gasteiger partial charge in [-0.15, -0.1) is 11.3 Å². The Morgan fingerprint density at radius 3 is 2.55 bits per heavy atom. The molecule has 0 bridgehead atoms. The van der Waals surface area contributed by atoms with E-state index in [2.05, 4.69) is 22.0 Å². The van der Waals surface area contributed by atoms with Crippen molar-refractivity contribution in [3.05, 3.63) is 56.0 Å². The van der Waals surface area contributed by atoms with Crippen LogP contribution < -0.4 is 0 Å². The fourth-order valence-corrected chi connectivity index (χ4v) is 6.26. The maximum Gasteiger partial charge on any atom is 0.123 e. The zero-order chi connectivity index (χ0) is 14.3. The summed E-state index contributed by atoms with van der Waals surface area (Å²) in [5.74, 6) is 2.21. The fraction of sp³-hybridized carbons (Fsp3) is 0.375. The minimum atomic E-state index is -0.148. The monoisotopic (exact) mass is 370 g/mol.